The molecule has 0 aliphatic carbocycles. The van der Waals surface area contributed by atoms with Crippen LogP contribution < -0.4 is 9.47 Å². The lowest BCUT2D eigenvalue weighted by Crippen LogP contribution is -1.96. The van der Waals surface area contributed by atoms with E-state index in [1.807, 2.05) is 43.6 Å². The lowest BCUT2D eigenvalue weighted by molar-refractivity contribution is 0.305. The van der Waals surface area contributed by atoms with Crippen molar-refractivity contribution in [2.75, 3.05) is 7.11 Å². The first-order chi connectivity index (χ1) is 13.6. The summed E-state index contributed by atoms with van der Waals surface area (Å²) in [7, 11) is 1.59. The van der Waals surface area contributed by atoms with Gasteiger partial charge in [-0.3, -0.25) is 0 Å². The molecule has 0 aliphatic rings. The van der Waals surface area contributed by atoms with Crippen molar-refractivity contribution in [2.45, 2.75) is 20.5 Å². The van der Waals surface area contributed by atoms with Crippen LogP contribution in [0.5, 0.6) is 10.9 Å². The minimum atomic E-state index is 0.424. The van der Waals surface area contributed by atoms with Gasteiger partial charge in [-0.05, 0) is 48.9 Å². The highest BCUT2D eigenvalue weighted by atomic mass is 32.1. The van der Waals surface area contributed by atoms with E-state index in [1.54, 1.807) is 23.0 Å². The average molecular weight is 412 g/mol. The number of methoxy groups -OCH3 is 1. The van der Waals surface area contributed by atoms with E-state index < -0.39 is 0 Å². The Morgan fingerprint density at radius 2 is 2.07 bits per heavy atom. The van der Waals surface area contributed by atoms with Crippen molar-refractivity contribution in [3.63, 3.8) is 0 Å². The van der Waals surface area contributed by atoms with Gasteiger partial charge < -0.3 is 13.9 Å². The Kier molecular flexibility index (Phi) is 4.06. The van der Waals surface area contributed by atoms with Crippen LogP contribution >= 0.6 is 22.7 Å². The van der Waals surface area contributed by atoms with Crippen molar-refractivity contribution in [2.24, 2.45) is 0 Å². The smallest absolute Gasteiger partial charge is 0.294 e. The fourth-order valence-corrected chi connectivity index (χ4v) is 4.29. The molecule has 28 heavy (non-hydrogen) atoms. The predicted octanol–water partition coefficient (Wildman–Crippen LogP) is 4.86. The number of rotatable bonds is 5. The molecule has 0 unspecified atom stereocenters. The van der Waals surface area contributed by atoms with Gasteiger partial charge in [0.1, 0.15) is 23.6 Å². The Balaban J connectivity index is 1.51. The molecule has 1 aromatic carbocycles. The summed E-state index contributed by atoms with van der Waals surface area (Å²) in [6, 6.07) is 5.97. The molecule has 0 N–H and O–H groups in total. The second-order valence-electron chi connectivity index (χ2n) is 6.36. The van der Waals surface area contributed by atoms with Crippen LogP contribution in [0.4, 0.5) is 0 Å². The fraction of sp³-hybridized carbons (Fsp3) is 0.211. The van der Waals surface area contributed by atoms with E-state index in [0.717, 1.165) is 43.6 Å². The monoisotopic (exact) mass is 412 g/mol. The molecule has 142 valence electrons. The van der Waals surface area contributed by atoms with Crippen molar-refractivity contribution < 1.29 is 13.9 Å². The minimum Gasteiger partial charge on any atom is -0.486 e. The molecule has 0 amide bonds. The van der Waals surface area contributed by atoms with Crippen LogP contribution in [-0.4, -0.2) is 26.7 Å². The lowest BCUT2D eigenvalue weighted by atomic mass is 10.1. The highest BCUT2D eigenvalue weighted by Gasteiger charge is 2.16. The number of thiazole rings is 1. The normalized spacial score (nSPS) is 11.5. The summed E-state index contributed by atoms with van der Waals surface area (Å²) in [6.45, 7) is 4.43. The summed E-state index contributed by atoms with van der Waals surface area (Å²) in [4.78, 5) is 9.79. The summed E-state index contributed by atoms with van der Waals surface area (Å²) in [5, 5.41) is 8.84. The number of aryl methyl sites for hydroxylation is 2. The predicted molar refractivity (Wildman–Crippen MR) is 109 cm³/mol. The number of ether oxygens (including phenoxy) is 2. The van der Waals surface area contributed by atoms with Crippen LogP contribution in [0, 0.1) is 13.8 Å². The average Bonchev–Trinajstić information content (AvgIpc) is 3.41. The Labute approximate surface area is 168 Å². The second-order valence-corrected chi connectivity index (χ2v) is 8.34. The number of fused-ring (bicyclic) bond motifs is 2. The first-order valence-corrected chi connectivity index (χ1v) is 10.3. The van der Waals surface area contributed by atoms with Crippen LogP contribution in [0.25, 0.3) is 27.4 Å². The summed E-state index contributed by atoms with van der Waals surface area (Å²) in [5.74, 6) is 1.45. The van der Waals surface area contributed by atoms with E-state index >= 15 is 0 Å². The molecule has 0 spiro atoms. The van der Waals surface area contributed by atoms with Crippen molar-refractivity contribution in [3.05, 3.63) is 46.0 Å². The number of nitrogens with zero attached hydrogens (tertiary/aromatic N) is 4. The highest BCUT2D eigenvalue weighted by molar-refractivity contribution is 7.18. The van der Waals surface area contributed by atoms with Crippen molar-refractivity contribution in [1.29, 1.82) is 0 Å². The molecular weight excluding hydrogens is 396 g/mol. The van der Waals surface area contributed by atoms with Gasteiger partial charge in [0.25, 0.3) is 5.19 Å². The van der Waals surface area contributed by atoms with Gasteiger partial charge in [0.15, 0.2) is 5.76 Å². The van der Waals surface area contributed by atoms with Gasteiger partial charge in [0, 0.05) is 5.38 Å². The third-order valence-electron chi connectivity index (χ3n) is 4.24. The molecule has 5 rings (SSSR count). The molecule has 0 aliphatic heterocycles. The molecule has 4 aromatic heterocycles. The first kappa shape index (κ1) is 17.2. The van der Waals surface area contributed by atoms with Crippen molar-refractivity contribution in [3.8, 4) is 22.4 Å². The van der Waals surface area contributed by atoms with E-state index in [4.69, 9.17) is 13.9 Å². The van der Waals surface area contributed by atoms with E-state index in [2.05, 4.69) is 15.1 Å². The van der Waals surface area contributed by atoms with E-state index in [0.29, 0.717) is 17.6 Å². The van der Waals surface area contributed by atoms with Gasteiger partial charge in [-0.1, -0.05) is 0 Å². The van der Waals surface area contributed by atoms with E-state index in [1.165, 1.54) is 11.3 Å². The molecule has 4 heterocycles. The SMILES string of the molecule is COc1nn2cc(-c3cc4c(OCc5csc(C)n5)cc(C)cc4o3)nc2s1. The standard InChI is InChI=1S/C19H16N4O3S2/c1-10-4-15(25-8-12-9-27-11(2)20-12)13-6-17(26-16(13)5-10)14-7-23-18(21-14)28-19(22-23)24-3/h4-7,9H,8H2,1-3H3. The first-order valence-electron chi connectivity index (χ1n) is 8.57. The van der Waals surface area contributed by atoms with Crippen LogP contribution in [0.15, 0.2) is 34.2 Å². The van der Waals surface area contributed by atoms with Crippen LogP contribution in [0.1, 0.15) is 16.3 Å². The van der Waals surface area contributed by atoms with Gasteiger partial charge in [-0.15, -0.1) is 16.4 Å². The van der Waals surface area contributed by atoms with Crippen LogP contribution in [-0.2, 0) is 6.61 Å². The maximum Gasteiger partial charge on any atom is 0.294 e. The van der Waals surface area contributed by atoms with Gasteiger partial charge in [0.2, 0.25) is 4.96 Å². The summed E-state index contributed by atoms with van der Waals surface area (Å²) in [5.41, 5.74) is 3.48. The molecule has 9 heteroatoms. The van der Waals surface area contributed by atoms with Crippen molar-refractivity contribution in [1.82, 2.24) is 19.6 Å². The third-order valence-corrected chi connectivity index (χ3v) is 5.94. The topological polar surface area (TPSA) is 74.7 Å². The largest absolute Gasteiger partial charge is 0.486 e. The number of imidazole rings is 1. The Morgan fingerprint density at radius 1 is 1.18 bits per heavy atom. The van der Waals surface area contributed by atoms with Crippen LogP contribution in [0.3, 0.4) is 0 Å². The van der Waals surface area contributed by atoms with E-state index in [-0.39, 0.29) is 0 Å². The molecule has 0 radical (unpaired) electrons. The molecule has 0 bridgehead atoms. The van der Waals surface area contributed by atoms with Crippen molar-refractivity contribution >= 4 is 38.6 Å². The molecule has 0 fully saturated rings. The van der Waals surface area contributed by atoms with Gasteiger partial charge >= 0.3 is 0 Å². The quantitative estimate of drug-likeness (QED) is 0.410. The molecule has 7 nitrogen and oxygen atoms in total. The minimum absolute atomic E-state index is 0.424. The summed E-state index contributed by atoms with van der Waals surface area (Å²) < 4.78 is 19.0. The molecular formula is C19H16N4O3S2. The zero-order valence-electron chi connectivity index (χ0n) is 15.4. The number of furan rings is 1. The number of hydrogen-bond acceptors (Lipinski definition) is 8. The van der Waals surface area contributed by atoms with E-state index in [9.17, 15) is 0 Å². The van der Waals surface area contributed by atoms with Gasteiger partial charge in [0.05, 0.1) is 29.4 Å². The third kappa shape index (κ3) is 3.02. The van der Waals surface area contributed by atoms with Gasteiger partial charge in [-0.2, -0.15) is 0 Å². The second kappa shape index (κ2) is 6.61. The number of aromatic nitrogens is 4. The molecule has 0 atom stereocenters. The molecule has 0 saturated heterocycles. The molecule has 5 aromatic rings. The Hall–Kier alpha value is -2.91. The Bertz CT molecular complexity index is 1270. The fourth-order valence-electron chi connectivity index (χ4n) is 2.99. The maximum atomic E-state index is 6.06. The zero-order chi connectivity index (χ0) is 19.3. The zero-order valence-corrected chi connectivity index (χ0v) is 17.1. The number of benzene rings is 1. The lowest BCUT2D eigenvalue weighted by Gasteiger charge is -2.06. The van der Waals surface area contributed by atoms with Gasteiger partial charge in [-0.25, -0.2) is 14.5 Å². The Morgan fingerprint density at radius 3 is 2.82 bits per heavy atom. The molecule has 0 saturated carbocycles. The number of hydrogen-bond donors (Lipinski definition) is 0. The summed E-state index contributed by atoms with van der Waals surface area (Å²) >= 11 is 3.00. The maximum absolute atomic E-state index is 6.06. The van der Waals surface area contributed by atoms with Crippen LogP contribution in [0.2, 0.25) is 0 Å². The highest BCUT2D eigenvalue weighted by Crippen LogP contribution is 2.35. The summed E-state index contributed by atoms with van der Waals surface area (Å²) in [6.07, 6.45) is 1.83.